The molecule has 1 amide bonds. The number of ether oxygens (including phenoxy) is 2. The van der Waals surface area contributed by atoms with E-state index in [-0.39, 0.29) is 12.5 Å². The third kappa shape index (κ3) is 5.85. The average Bonchev–Trinajstić information content (AvgIpc) is 3.17. The Bertz CT molecular complexity index is 837. The van der Waals surface area contributed by atoms with Gasteiger partial charge in [-0.15, -0.1) is 11.3 Å². The molecule has 6 heteroatoms. The van der Waals surface area contributed by atoms with Crippen LogP contribution >= 0.6 is 11.3 Å². The predicted molar refractivity (Wildman–Crippen MR) is 121 cm³/mol. The molecule has 0 saturated heterocycles. The van der Waals surface area contributed by atoms with Gasteiger partial charge < -0.3 is 14.8 Å². The summed E-state index contributed by atoms with van der Waals surface area (Å²) in [7, 11) is 0. The average molecular weight is 430 g/mol. The van der Waals surface area contributed by atoms with E-state index in [2.05, 4.69) is 12.2 Å². The number of rotatable bonds is 9. The van der Waals surface area contributed by atoms with E-state index < -0.39 is 5.97 Å². The van der Waals surface area contributed by atoms with Crippen molar-refractivity contribution in [2.24, 2.45) is 5.92 Å². The zero-order valence-electron chi connectivity index (χ0n) is 17.9. The molecule has 1 aliphatic carbocycles. The first kappa shape index (κ1) is 22.3. The van der Waals surface area contributed by atoms with Gasteiger partial charge in [0.2, 0.25) is 5.91 Å². The maximum absolute atomic E-state index is 12.7. The SMILES string of the molecule is CCCOc1ccc(-c2csc(NC(=O)CC3CCCCC3)c2C(=O)OCC)cc1. The minimum Gasteiger partial charge on any atom is -0.494 e. The summed E-state index contributed by atoms with van der Waals surface area (Å²) in [5, 5.41) is 5.45. The Kier molecular flexibility index (Phi) is 8.31. The van der Waals surface area contributed by atoms with E-state index in [1.54, 1.807) is 6.92 Å². The highest BCUT2D eigenvalue weighted by atomic mass is 32.1. The summed E-state index contributed by atoms with van der Waals surface area (Å²) in [4.78, 5) is 25.3. The van der Waals surface area contributed by atoms with Crippen LogP contribution in [-0.4, -0.2) is 25.1 Å². The Morgan fingerprint density at radius 3 is 2.50 bits per heavy atom. The number of nitrogens with one attached hydrogen (secondary N) is 1. The van der Waals surface area contributed by atoms with Gasteiger partial charge in [-0.1, -0.05) is 38.3 Å². The highest BCUT2D eigenvalue weighted by molar-refractivity contribution is 7.15. The molecule has 1 aliphatic rings. The monoisotopic (exact) mass is 429 g/mol. The first-order valence-corrected chi connectivity index (χ1v) is 11.8. The summed E-state index contributed by atoms with van der Waals surface area (Å²) >= 11 is 1.37. The van der Waals surface area contributed by atoms with Crippen LogP contribution in [0.1, 0.15) is 69.2 Å². The first-order chi connectivity index (χ1) is 14.6. The summed E-state index contributed by atoms with van der Waals surface area (Å²) in [5.74, 6) is 0.812. The van der Waals surface area contributed by atoms with Crippen LogP contribution in [-0.2, 0) is 9.53 Å². The maximum atomic E-state index is 12.7. The van der Waals surface area contributed by atoms with Gasteiger partial charge in [0, 0.05) is 17.4 Å². The molecule has 1 heterocycles. The van der Waals surface area contributed by atoms with Crippen molar-refractivity contribution in [3.8, 4) is 16.9 Å². The van der Waals surface area contributed by atoms with Crippen LogP contribution < -0.4 is 10.1 Å². The second-order valence-electron chi connectivity index (χ2n) is 7.70. The van der Waals surface area contributed by atoms with E-state index in [4.69, 9.17) is 9.47 Å². The number of amides is 1. The van der Waals surface area contributed by atoms with Crippen molar-refractivity contribution in [1.29, 1.82) is 0 Å². The number of hydrogen-bond acceptors (Lipinski definition) is 5. The number of benzene rings is 1. The van der Waals surface area contributed by atoms with E-state index in [1.165, 1.54) is 30.6 Å². The Labute approximate surface area is 182 Å². The molecule has 1 aromatic heterocycles. The van der Waals surface area contributed by atoms with Gasteiger partial charge in [0.25, 0.3) is 0 Å². The van der Waals surface area contributed by atoms with E-state index in [0.29, 0.717) is 29.5 Å². The Morgan fingerprint density at radius 2 is 1.83 bits per heavy atom. The van der Waals surface area contributed by atoms with Crippen LogP contribution in [0.4, 0.5) is 5.00 Å². The van der Waals surface area contributed by atoms with Gasteiger partial charge in [-0.3, -0.25) is 4.79 Å². The van der Waals surface area contributed by atoms with E-state index in [9.17, 15) is 9.59 Å². The van der Waals surface area contributed by atoms with Crippen LogP contribution in [0.15, 0.2) is 29.6 Å². The lowest BCUT2D eigenvalue weighted by Gasteiger charge is -2.20. The normalized spacial score (nSPS) is 14.3. The van der Waals surface area contributed by atoms with Crippen LogP contribution in [0.3, 0.4) is 0 Å². The van der Waals surface area contributed by atoms with Gasteiger partial charge >= 0.3 is 5.97 Å². The minimum atomic E-state index is -0.409. The molecular weight excluding hydrogens is 398 g/mol. The Morgan fingerprint density at radius 1 is 1.10 bits per heavy atom. The van der Waals surface area contributed by atoms with Crippen molar-refractivity contribution in [2.45, 2.75) is 58.8 Å². The van der Waals surface area contributed by atoms with Gasteiger partial charge in [-0.05, 0) is 49.8 Å². The molecule has 0 aliphatic heterocycles. The van der Waals surface area contributed by atoms with Crippen molar-refractivity contribution >= 4 is 28.2 Å². The minimum absolute atomic E-state index is 0.0239. The highest BCUT2D eigenvalue weighted by Gasteiger charge is 2.24. The molecule has 1 fully saturated rings. The lowest BCUT2D eigenvalue weighted by Crippen LogP contribution is -2.19. The van der Waals surface area contributed by atoms with Crippen LogP contribution in [0.25, 0.3) is 11.1 Å². The fourth-order valence-corrected chi connectivity index (χ4v) is 4.82. The largest absolute Gasteiger partial charge is 0.494 e. The van der Waals surface area contributed by atoms with Crippen molar-refractivity contribution in [2.75, 3.05) is 18.5 Å². The lowest BCUT2D eigenvalue weighted by atomic mass is 9.87. The van der Waals surface area contributed by atoms with Gasteiger partial charge in [-0.25, -0.2) is 4.79 Å². The van der Waals surface area contributed by atoms with Crippen LogP contribution in [0, 0.1) is 5.92 Å². The number of carbonyl (C=O) groups excluding carboxylic acids is 2. The standard InChI is InChI=1S/C24H31NO4S/c1-3-14-29-19-12-10-18(11-13-19)20-16-30-23(22(20)24(27)28-4-2)25-21(26)15-17-8-6-5-7-9-17/h10-13,16-17H,3-9,14-15H2,1-2H3,(H,25,26). The molecule has 5 nitrogen and oxygen atoms in total. The number of hydrogen-bond donors (Lipinski definition) is 1. The molecule has 0 unspecified atom stereocenters. The van der Waals surface area contributed by atoms with Crippen LogP contribution in [0.2, 0.25) is 0 Å². The first-order valence-electron chi connectivity index (χ1n) is 10.9. The van der Waals surface area contributed by atoms with Gasteiger partial charge in [0.05, 0.1) is 13.2 Å². The topological polar surface area (TPSA) is 64.6 Å². The maximum Gasteiger partial charge on any atom is 0.341 e. The second kappa shape index (κ2) is 11.2. The number of thiophene rings is 1. The Hall–Kier alpha value is -2.34. The zero-order valence-corrected chi connectivity index (χ0v) is 18.7. The third-order valence-electron chi connectivity index (χ3n) is 5.36. The molecule has 0 atom stereocenters. The smallest absolute Gasteiger partial charge is 0.341 e. The zero-order chi connectivity index (χ0) is 21.3. The van der Waals surface area contributed by atoms with Crippen molar-refractivity contribution in [1.82, 2.24) is 0 Å². The molecule has 30 heavy (non-hydrogen) atoms. The van der Waals surface area contributed by atoms with Crippen molar-refractivity contribution < 1.29 is 19.1 Å². The molecule has 0 radical (unpaired) electrons. The summed E-state index contributed by atoms with van der Waals surface area (Å²) in [5.41, 5.74) is 2.10. The molecular formula is C24H31NO4S. The fourth-order valence-electron chi connectivity index (χ4n) is 3.85. The molecule has 2 aromatic rings. The number of esters is 1. The molecule has 1 N–H and O–H groups in total. The molecule has 3 rings (SSSR count). The summed E-state index contributed by atoms with van der Waals surface area (Å²) < 4.78 is 10.9. The third-order valence-corrected chi connectivity index (χ3v) is 6.26. The van der Waals surface area contributed by atoms with E-state index in [0.717, 1.165) is 36.1 Å². The molecule has 1 aromatic carbocycles. The quantitative estimate of drug-likeness (QED) is 0.476. The predicted octanol–water partition coefficient (Wildman–Crippen LogP) is 6.29. The molecule has 162 valence electrons. The fraction of sp³-hybridized carbons (Fsp3) is 0.500. The van der Waals surface area contributed by atoms with Gasteiger partial charge in [0.1, 0.15) is 16.3 Å². The highest BCUT2D eigenvalue weighted by Crippen LogP contribution is 2.37. The lowest BCUT2D eigenvalue weighted by molar-refractivity contribution is -0.117. The molecule has 0 bridgehead atoms. The van der Waals surface area contributed by atoms with E-state index >= 15 is 0 Å². The van der Waals surface area contributed by atoms with Gasteiger partial charge in [0.15, 0.2) is 0 Å². The number of anilines is 1. The van der Waals surface area contributed by atoms with Crippen LogP contribution in [0.5, 0.6) is 5.75 Å². The van der Waals surface area contributed by atoms with Crippen molar-refractivity contribution in [3.05, 3.63) is 35.2 Å². The summed E-state index contributed by atoms with van der Waals surface area (Å²) in [6, 6.07) is 7.67. The molecule has 0 spiro atoms. The molecule has 1 saturated carbocycles. The van der Waals surface area contributed by atoms with Crippen molar-refractivity contribution in [3.63, 3.8) is 0 Å². The second-order valence-corrected chi connectivity index (χ2v) is 8.58. The van der Waals surface area contributed by atoms with Gasteiger partial charge in [-0.2, -0.15) is 0 Å². The number of carbonyl (C=O) groups is 2. The Balaban J connectivity index is 1.79. The van der Waals surface area contributed by atoms with E-state index in [1.807, 2.05) is 29.6 Å². The summed E-state index contributed by atoms with van der Waals surface area (Å²) in [6.07, 6.45) is 7.35. The summed E-state index contributed by atoms with van der Waals surface area (Å²) in [6.45, 7) is 4.80.